The SMILES string of the molecule is CC(C)C(=O)N[C@H](Cc1ccccc1C(F)(F)F)C(N)=O. The number of halogens is 3. The van der Waals surface area contributed by atoms with E-state index < -0.39 is 35.5 Å². The Morgan fingerprint density at radius 3 is 2.29 bits per heavy atom. The number of alkyl halides is 3. The molecular formula is C14H17F3N2O2. The summed E-state index contributed by atoms with van der Waals surface area (Å²) in [6.07, 6.45) is -4.83. The first-order chi connectivity index (χ1) is 9.62. The van der Waals surface area contributed by atoms with Crippen LogP contribution in [0.2, 0.25) is 0 Å². The molecule has 0 saturated heterocycles. The van der Waals surface area contributed by atoms with Crippen LogP contribution in [0.1, 0.15) is 25.0 Å². The number of rotatable bonds is 5. The van der Waals surface area contributed by atoms with Crippen LogP contribution in [-0.4, -0.2) is 17.9 Å². The van der Waals surface area contributed by atoms with Gasteiger partial charge < -0.3 is 11.1 Å². The third-order valence-corrected chi connectivity index (χ3v) is 2.93. The first-order valence-electron chi connectivity index (χ1n) is 6.37. The standard InChI is InChI=1S/C14H17F3N2O2/c1-8(2)13(21)19-11(12(18)20)7-9-5-3-4-6-10(9)14(15,16)17/h3-6,8,11H,7H2,1-2H3,(H2,18,20)(H,19,21)/t11-/m1/s1. The normalized spacial score (nSPS) is 13.0. The van der Waals surface area contributed by atoms with Gasteiger partial charge >= 0.3 is 6.18 Å². The maximum Gasteiger partial charge on any atom is 0.416 e. The molecular weight excluding hydrogens is 285 g/mol. The first-order valence-corrected chi connectivity index (χ1v) is 6.37. The third-order valence-electron chi connectivity index (χ3n) is 2.93. The molecule has 0 spiro atoms. The van der Waals surface area contributed by atoms with E-state index in [1.165, 1.54) is 18.2 Å². The fourth-order valence-corrected chi connectivity index (χ4v) is 1.76. The van der Waals surface area contributed by atoms with Crippen molar-refractivity contribution in [2.24, 2.45) is 11.7 Å². The Labute approximate surface area is 120 Å². The van der Waals surface area contributed by atoms with Crippen LogP contribution in [0.4, 0.5) is 13.2 Å². The van der Waals surface area contributed by atoms with Crippen molar-refractivity contribution in [3.05, 3.63) is 35.4 Å². The van der Waals surface area contributed by atoms with Gasteiger partial charge in [0.2, 0.25) is 11.8 Å². The molecule has 0 aliphatic rings. The van der Waals surface area contributed by atoms with E-state index >= 15 is 0 Å². The van der Waals surface area contributed by atoms with Crippen LogP contribution >= 0.6 is 0 Å². The lowest BCUT2D eigenvalue weighted by Crippen LogP contribution is -2.47. The van der Waals surface area contributed by atoms with Gasteiger partial charge in [0.05, 0.1) is 5.56 Å². The maximum absolute atomic E-state index is 12.9. The Morgan fingerprint density at radius 2 is 1.81 bits per heavy atom. The van der Waals surface area contributed by atoms with Gasteiger partial charge in [0.1, 0.15) is 6.04 Å². The highest BCUT2D eigenvalue weighted by atomic mass is 19.4. The lowest BCUT2D eigenvalue weighted by atomic mass is 9.99. The predicted octanol–water partition coefficient (Wildman–Crippen LogP) is 1.87. The molecule has 3 N–H and O–H groups in total. The number of benzene rings is 1. The molecule has 4 nitrogen and oxygen atoms in total. The van der Waals surface area contributed by atoms with Crippen molar-refractivity contribution in [2.45, 2.75) is 32.5 Å². The van der Waals surface area contributed by atoms with Crippen LogP contribution in [0.25, 0.3) is 0 Å². The molecule has 0 unspecified atom stereocenters. The summed E-state index contributed by atoms with van der Waals surface area (Å²) in [5, 5.41) is 2.36. The zero-order valence-electron chi connectivity index (χ0n) is 11.7. The third kappa shape index (κ3) is 4.77. The monoisotopic (exact) mass is 302 g/mol. The van der Waals surface area contributed by atoms with Gasteiger partial charge in [-0.25, -0.2) is 0 Å². The van der Waals surface area contributed by atoms with Gasteiger partial charge in [-0.1, -0.05) is 32.0 Å². The second-order valence-corrected chi connectivity index (χ2v) is 4.98. The van der Waals surface area contributed by atoms with Gasteiger partial charge in [0, 0.05) is 12.3 Å². The number of hydrogen-bond donors (Lipinski definition) is 2. The highest BCUT2D eigenvalue weighted by molar-refractivity contribution is 5.87. The highest BCUT2D eigenvalue weighted by Gasteiger charge is 2.34. The molecule has 1 aromatic rings. The minimum absolute atomic E-state index is 0.0853. The topological polar surface area (TPSA) is 72.2 Å². The summed E-state index contributed by atoms with van der Waals surface area (Å²) in [7, 11) is 0. The fourth-order valence-electron chi connectivity index (χ4n) is 1.76. The van der Waals surface area contributed by atoms with Crippen molar-refractivity contribution in [3.63, 3.8) is 0 Å². The van der Waals surface area contributed by atoms with Crippen molar-refractivity contribution in [3.8, 4) is 0 Å². The minimum Gasteiger partial charge on any atom is -0.368 e. The Hall–Kier alpha value is -2.05. The van der Waals surface area contributed by atoms with Crippen molar-refractivity contribution in [2.75, 3.05) is 0 Å². The molecule has 21 heavy (non-hydrogen) atoms. The average Bonchev–Trinajstić information content (AvgIpc) is 2.36. The largest absolute Gasteiger partial charge is 0.416 e. The minimum atomic E-state index is -4.53. The van der Waals surface area contributed by atoms with Crippen LogP contribution in [-0.2, 0) is 22.2 Å². The van der Waals surface area contributed by atoms with E-state index in [2.05, 4.69) is 5.32 Å². The van der Waals surface area contributed by atoms with E-state index in [0.717, 1.165) is 6.07 Å². The second-order valence-electron chi connectivity index (χ2n) is 4.98. The lowest BCUT2D eigenvalue weighted by molar-refractivity contribution is -0.138. The smallest absolute Gasteiger partial charge is 0.368 e. The van der Waals surface area contributed by atoms with Gasteiger partial charge in [-0.3, -0.25) is 9.59 Å². The highest BCUT2D eigenvalue weighted by Crippen LogP contribution is 2.32. The number of nitrogens with one attached hydrogen (secondary N) is 1. The van der Waals surface area contributed by atoms with Gasteiger partial charge in [0.15, 0.2) is 0 Å². The summed E-state index contributed by atoms with van der Waals surface area (Å²) in [5.74, 6) is -1.71. The van der Waals surface area contributed by atoms with Crippen LogP contribution in [0, 0.1) is 5.92 Å². The zero-order chi connectivity index (χ0) is 16.2. The van der Waals surface area contributed by atoms with E-state index in [1.807, 2.05) is 0 Å². The van der Waals surface area contributed by atoms with Crippen molar-refractivity contribution in [1.29, 1.82) is 0 Å². The van der Waals surface area contributed by atoms with E-state index in [9.17, 15) is 22.8 Å². The molecule has 0 bridgehead atoms. The van der Waals surface area contributed by atoms with Gasteiger partial charge in [0.25, 0.3) is 0 Å². The summed E-state index contributed by atoms with van der Waals surface area (Å²) >= 11 is 0. The molecule has 0 aliphatic heterocycles. The summed E-state index contributed by atoms with van der Waals surface area (Å²) in [6.45, 7) is 3.22. The Balaban J connectivity index is 3.01. The van der Waals surface area contributed by atoms with Crippen LogP contribution < -0.4 is 11.1 Å². The van der Waals surface area contributed by atoms with E-state index in [0.29, 0.717) is 0 Å². The Kier molecular flexibility index (Phi) is 5.34. The average molecular weight is 302 g/mol. The van der Waals surface area contributed by atoms with Gasteiger partial charge in [-0.2, -0.15) is 13.2 Å². The Morgan fingerprint density at radius 1 is 1.24 bits per heavy atom. The maximum atomic E-state index is 12.9. The van der Waals surface area contributed by atoms with Crippen molar-refractivity contribution < 1.29 is 22.8 Å². The second kappa shape index (κ2) is 6.60. The molecule has 116 valence electrons. The molecule has 1 aromatic carbocycles. The molecule has 2 amide bonds. The molecule has 0 aliphatic carbocycles. The molecule has 7 heteroatoms. The Bertz CT molecular complexity index is 527. The number of amides is 2. The summed E-state index contributed by atoms with van der Waals surface area (Å²) < 4.78 is 38.7. The van der Waals surface area contributed by atoms with Crippen LogP contribution in [0.15, 0.2) is 24.3 Å². The molecule has 1 atom stereocenters. The van der Waals surface area contributed by atoms with E-state index in [4.69, 9.17) is 5.73 Å². The number of hydrogen-bond acceptors (Lipinski definition) is 2. The van der Waals surface area contributed by atoms with Gasteiger partial charge in [-0.15, -0.1) is 0 Å². The molecule has 0 radical (unpaired) electrons. The summed E-state index contributed by atoms with van der Waals surface area (Å²) in [4.78, 5) is 22.9. The number of nitrogens with two attached hydrogens (primary N) is 1. The molecule has 1 rings (SSSR count). The van der Waals surface area contributed by atoms with Gasteiger partial charge in [-0.05, 0) is 11.6 Å². The zero-order valence-corrected chi connectivity index (χ0v) is 11.7. The number of primary amides is 1. The first kappa shape index (κ1) is 17.0. The number of carbonyl (C=O) groups is 2. The van der Waals surface area contributed by atoms with Crippen LogP contribution in [0.5, 0.6) is 0 Å². The molecule has 0 fully saturated rings. The summed E-state index contributed by atoms with van der Waals surface area (Å²) in [5.41, 5.74) is 4.23. The molecule has 0 aromatic heterocycles. The fraction of sp³-hybridized carbons (Fsp3) is 0.429. The molecule has 0 heterocycles. The molecule has 0 saturated carbocycles. The quantitative estimate of drug-likeness (QED) is 0.871. The van der Waals surface area contributed by atoms with Crippen LogP contribution in [0.3, 0.4) is 0 Å². The van der Waals surface area contributed by atoms with Crippen molar-refractivity contribution in [1.82, 2.24) is 5.32 Å². The van der Waals surface area contributed by atoms with E-state index in [-0.39, 0.29) is 12.0 Å². The lowest BCUT2D eigenvalue weighted by Gasteiger charge is -2.19. The number of carbonyl (C=O) groups excluding carboxylic acids is 2. The predicted molar refractivity (Wildman–Crippen MR) is 71.1 cm³/mol. The van der Waals surface area contributed by atoms with Crippen molar-refractivity contribution >= 4 is 11.8 Å². The summed E-state index contributed by atoms with van der Waals surface area (Å²) in [6, 6.07) is 3.71. The van der Waals surface area contributed by atoms with E-state index in [1.54, 1.807) is 13.8 Å².